The number of rotatable bonds is 3. The summed E-state index contributed by atoms with van der Waals surface area (Å²) in [5.41, 5.74) is 1.64. The van der Waals surface area contributed by atoms with Crippen LogP contribution < -0.4 is 4.90 Å². The van der Waals surface area contributed by atoms with Crippen LogP contribution in [0.4, 0.5) is 5.69 Å². The molecule has 0 spiro atoms. The number of piperazine rings is 1. The minimum atomic E-state index is -0.156. The number of carbonyl (C=O) groups excluding carboxylic acids is 2. The Kier molecular flexibility index (Phi) is 5.94. The quantitative estimate of drug-likeness (QED) is 0.702. The number of fused-ring (bicyclic) bond motifs is 1. The molecular weight excluding hydrogens is 406 g/mol. The van der Waals surface area contributed by atoms with Crippen LogP contribution in [0, 0.1) is 0 Å². The first-order chi connectivity index (χ1) is 14.0. The molecule has 0 aromatic heterocycles. The predicted molar refractivity (Wildman–Crippen MR) is 118 cm³/mol. The second-order valence-corrected chi connectivity index (χ2v) is 8.73. The number of thioether (sulfide) groups is 1. The summed E-state index contributed by atoms with van der Waals surface area (Å²) in [6.07, 6.45) is 1.84. The van der Waals surface area contributed by atoms with E-state index in [1.165, 1.54) is 11.8 Å². The van der Waals surface area contributed by atoms with Crippen LogP contribution in [-0.2, 0) is 9.59 Å². The molecule has 5 nitrogen and oxygen atoms in total. The molecule has 0 unspecified atom stereocenters. The number of halogens is 1. The Labute approximate surface area is 179 Å². The van der Waals surface area contributed by atoms with Gasteiger partial charge in [-0.25, -0.2) is 0 Å². The lowest BCUT2D eigenvalue weighted by Gasteiger charge is -2.35. The van der Waals surface area contributed by atoms with Crippen LogP contribution in [0.15, 0.2) is 58.3 Å². The fraction of sp³-hybridized carbons (Fsp3) is 0.273. The Hall–Kier alpha value is -2.28. The maximum atomic E-state index is 13.3. The van der Waals surface area contributed by atoms with Crippen molar-refractivity contribution >= 4 is 46.9 Å². The van der Waals surface area contributed by atoms with Gasteiger partial charge in [-0.15, -0.1) is 0 Å². The lowest BCUT2D eigenvalue weighted by molar-refractivity contribution is -0.132. The highest BCUT2D eigenvalue weighted by Gasteiger charge is 2.32. The van der Waals surface area contributed by atoms with Gasteiger partial charge in [-0.05, 0) is 43.0 Å². The van der Waals surface area contributed by atoms with E-state index in [-0.39, 0.29) is 18.4 Å². The topological polar surface area (TPSA) is 43.9 Å². The molecule has 150 valence electrons. The van der Waals surface area contributed by atoms with Crippen LogP contribution in [-0.4, -0.2) is 61.4 Å². The van der Waals surface area contributed by atoms with Crippen molar-refractivity contribution in [3.8, 4) is 0 Å². The summed E-state index contributed by atoms with van der Waals surface area (Å²) in [4.78, 5) is 33.4. The van der Waals surface area contributed by atoms with E-state index in [9.17, 15) is 9.59 Å². The number of para-hydroxylation sites is 1. The Balaban J connectivity index is 1.61. The lowest BCUT2D eigenvalue weighted by Crippen LogP contribution is -2.51. The second-order valence-electron chi connectivity index (χ2n) is 7.21. The van der Waals surface area contributed by atoms with Gasteiger partial charge in [0.2, 0.25) is 5.91 Å². The third-order valence-corrected chi connectivity index (χ3v) is 6.44. The van der Waals surface area contributed by atoms with Gasteiger partial charge in [-0.1, -0.05) is 47.6 Å². The molecule has 4 rings (SSSR count). The number of likely N-dealkylation sites (N-methyl/N-ethyl adjacent to an activating group) is 1. The van der Waals surface area contributed by atoms with E-state index < -0.39 is 0 Å². The van der Waals surface area contributed by atoms with E-state index in [1.54, 1.807) is 11.0 Å². The van der Waals surface area contributed by atoms with Gasteiger partial charge in [0.15, 0.2) is 0 Å². The Morgan fingerprint density at radius 3 is 2.62 bits per heavy atom. The number of nitrogens with zero attached hydrogens (tertiary/aromatic N) is 3. The van der Waals surface area contributed by atoms with Crippen molar-refractivity contribution in [3.63, 3.8) is 0 Å². The van der Waals surface area contributed by atoms with Crippen molar-refractivity contribution in [2.75, 3.05) is 44.7 Å². The maximum Gasteiger partial charge on any atom is 0.265 e. The number of hydrogen-bond donors (Lipinski definition) is 0. The fourth-order valence-electron chi connectivity index (χ4n) is 3.46. The zero-order valence-electron chi connectivity index (χ0n) is 16.2. The molecule has 0 N–H and O–H groups in total. The summed E-state index contributed by atoms with van der Waals surface area (Å²) < 4.78 is 0. The van der Waals surface area contributed by atoms with Gasteiger partial charge in [0.25, 0.3) is 5.91 Å². The van der Waals surface area contributed by atoms with Crippen LogP contribution in [0.2, 0.25) is 5.02 Å². The summed E-state index contributed by atoms with van der Waals surface area (Å²) >= 11 is 7.52. The Morgan fingerprint density at radius 1 is 1.10 bits per heavy atom. The normalized spacial score (nSPS) is 18.8. The second kappa shape index (κ2) is 8.61. The number of benzene rings is 2. The Morgan fingerprint density at radius 2 is 1.86 bits per heavy atom. The maximum absolute atomic E-state index is 13.3. The highest BCUT2D eigenvalue weighted by atomic mass is 35.5. The molecular formula is C22H22ClN3O2S. The van der Waals surface area contributed by atoms with Gasteiger partial charge in [-0.3, -0.25) is 14.5 Å². The van der Waals surface area contributed by atoms with Gasteiger partial charge in [-0.2, -0.15) is 0 Å². The van der Waals surface area contributed by atoms with Crippen LogP contribution in [0.3, 0.4) is 0 Å². The van der Waals surface area contributed by atoms with Crippen molar-refractivity contribution in [1.82, 2.24) is 9.80 Å². The molecule has 2 amide bonds. The van der Waals surface area contributed by atoms with Crippen molar-refractivity contribution < 1.29 is 9.59 Å². The average Bonchev–Trinajstić information content (AvgIpc) is 2.71. The fourth-order valence-corrected chi connectivity index (χ4v) is 4.72. The minimum absolute atomic E-state index is 0.0183. The molecule has 2 heterocycles. The zero-order chi connectivity index (χ0) is 20.4. The van der Waals surface area contributed by atoms with Crippen molar-refractivity contribution in [2.24, 2.45) is 0 Å². The number of amides is 2. The Bertz CT molecular complexity index is 970. The molecule has 2 aliphatic rings. The molecule has 2 aliphatic heterocycles. The van der Waals surface area contributed by atoms with E-state index >= 15 is 0 Å². The molecule has 2 aromatic rings. The van der Waals surface area contributed by atoms with E-state index in [0.717, 1.165) is 29.2 Å². The number of hydrogen-bond acceptors (Lipinski definition) is 4. The first-order valence-corrected chi connectivity index (χ1v) is 10.7. The van der Waals surface area contributed by atoms with Gasteiger partial charge in [0.1, 0.15) is 6.54 Å². The van der Waals surface area contributed by atoms with Crippen LogP contribution in [0.25, 0.3) is 6.08 Å². The molecule has 0 bridgehead atoms. The van der Waals surface area contributed by atoms with Gasteiger partial charge in [0.05, 0.1) is 10.6 Å². The third-order valence-electron chi connectivity index (χ3n) is 5.13. The summed E-state index contributed by atoms with van der Waals surface area (Å²) in [6.45, 7) is 3.14. The molecule has 0 radical (unpaired) electrons. The largest absolute Gasteiger partial charge is 0.339 e. The average molecular weight is 428 g/mol. The standard InChI is InChI=1S/C22H22ClN3O2S/c1-24-9-11-25(12-10-24)21(27)15-26-18-7-2-3-8-19(18)29-20(22(26)28)14-16-5-4-6-17(23)13-16/h2-8,13-14H,9-12,15H2,1H3. The van der Waals surface area contributed by atoms with Crippen molar-refractivity contribution in [2.45, 2.75) is 4.90 Å². The van der Waals surface area contributed by atoms with Gasteiger partial charge >= 0.3 is 0 Å². The third kappa shape index (κ3) is 4.50. The first-order valence-electron chi connectivity index (χ1n) is 9.53. The molecule has 0 aliphatic carbocycles. The van der Waals surface area contributed by atoms with E-state index in [0.29, 0.717) is 23.0 Å². The predicted octanol–water partition coefficient (Wildman–Crippen LogP) is 3.59. The van der Waals surface area contributed by atoms with E-state index in [4.69, 9.17) is 11.6 Å². The summed E-state index contributed by atoms with van der Waals surface area (Å²) in [5, 5.41) is 0.620. The summed E-state index contributed by atoms with van der Waals surface area (Å²) in [7, 11) is 2.05. The number of carbonyl (C=O) groups is 2. The van der Waals surface area contributed by atoms with Gasteiger partial charge in [0, 0.05) is 36.1 Å². The monoisotopic (exact) mass is 427 g/mol. The first kappa shape index (κ1) is 20.0. The van der Waals surface area contributed by atoms with E-state index in [1.807, 2.05) is 53.4 Å². The molecule has 1 saturated heterocycles. The molecule has 0 saturated carbocycles. The molecule has 1 fully saturated rings. The molecule has 0 atom stereocenters. The van der Waals surface area contributed by atoms with Crippen LogP contribution in [0.1, 0.15) is 5.56 Å². The van der Waals surface area contributed by atoms with Crippen LogP contribution >= 0.6 is 23.4 Å². The molecule has 2 aromatic carbocycles. The summed E-state index contributed by atoms with van der Waals surface area (Å²) in [6, 6.07) is 15.1. The highest BCUT2D eigenvalue weighted by molar-refractivity contribution is 8.04. The molecule has 29 heavy (non-hydrogen) atoms. The van der Waals surface area contributed by atoms with Crippen molar-refractivity contribution in [3.05, 3.63) is 64.0 Å². The zero-order valence-corrected chi connectivity index (χ0v) is 17.7. The molecule has 7 heteroatoms. The smallest absolute Gasteiger partial charge is 0.265 e. The van der Waals surface area contributed by atoms with Crippen LogP contribution in [0.5, 0.6) is 0 Å². The minimum Gasteiger partial charge on any atom is -0.339 e. The summed E-state index contributed by atoms with van der Waals surface area (Å²) in [5.74, 6) is -0.175. The van der Waals surface area contributed by atoms with E-state index in [2.05, 4.69) is 11.9 Å². The van der Waals surface area contributed by atoms with Gasteiger partial charge < -0.3 is 9.80 Å². The number of anilines is 1. The lowest BCUT2D eigenvalue weighted by atomic mass is 10.2. The SMILES string of the molecule is CN1CCN(C(=O)CN2C(=O)C(=Cc3cccc(Cl)c3)Sc3ccccc32)CC1. The van der Waals surface area contributed by atoms with Crippen molar-refractivity contribution in [1.29, 1.82) is 0 Å². The highest BCUT2D eigenvalue weighted by Crippen LogP contribution is 2.42.